The molecule has 3 aromatic rings. The van der Waals surface area contributed by atoms with E-state index in [4.69, 9.17) is 11.6 Å². The molecule has 4 rings (SSSR count). The van der Waals surface area contributed by atoms with Crippen LogP contribution in [0, 0.1) is 5.92 Å². The van der Waals surface area contributed by atoms with Crippen molar-refractivity contribution in [2.45, 2.75) is 31.9 Å². The minimum atomic E-state index is -0.663. The van der Waals surface area contributed by atoms with Gasteiger partial charge in [0.1, 0.15) is 5.52 Å². The molecule has 10 heteroatoms. The van der Waals surface area contributed by atoms with E-state index < -0.39 is 6.10 Å². The lowest BCUT2D eigenvalue weighted by molar-refractivity contribution is -0.124. The number of pyridine rings is 1. The van der Waals surface area contributed by atoms with Crippen LogP contribution in [-0.2, 0) is 4.79 Å². The van der Waals surface area contributed by atoms with Gasteiger partial charge in [0.15, 0.2) is 17.3 Å². The molecule has 1 amide bonds. The van der Waals surface area contributed by atoms with Crippen LogP contribution in [0.4, 0.5) is 5.82 Å². The van der Waals surface area contributed by atoms with Gasteiger partial charge in [-0.2, -0.15) is 0 Å². The normalized spacial score (nSPS) is 21.4. The van der Waals surface area contributed by atoms with Gasteiger partial charge in [0.2, 0.25) is 5.91 Å². The summed E-state index contributed by atoms with van der Waals surface area (Å²) < 4.78 is 1.84. The molecular formula is C19H22ClN7O2. The van der Waals surface area contributed by atoms with Crippen molar-refractivity contribution < 1.29 is 9.90 Å². The Morgan fingerprint density at radius 3 is 2.90 bits per heavy atom. The van der Waals surface area contributed by atoms with E-state index in [9.17, 15) is 9.90 Å². The zero-order chi connectivity index (χ0) is 20.5. The van der Waals surface area contributed by atoms with Crippen LogP contribution in [-0.4, -0.2) is 55.2 Å². The summed E-state index contributed by atoms with van der Waals surface area (Å²) >= 11 is 6.07. The topological polar surface area (TPSA) is 118 Å². The van der Waals surface area contributed by atoms with E-state index in [2.05, 4.69) is 30.6 Å². The van der Waals surface area contributed by atoms with Gasteiger partial charge >= 0.3 is 0 Å². The molecule has 9 nitrogen and oxygen atoms in total. The van der Waals surface area contributed by atoms with Gasteiger partial charge in [-0.25, -0.2) is 15.0 Å². The quantitative estimate of drug-likeness (QED) is 0.583. The van der Waals surface area contributed by atoms with Gasteiger partial charge in [0.05, 0.1) is 23.5 Å². The largest absolute Gasteiger partial charge is 0.391 e. The predicted octanol–water partition coefficient (Wildman–Crippen LogP) is 2.03. The number of nitrogens with zero attached hydrogens (tertiary/aromatic N) is 5. The van der Waals surface area contributed by atoms with Crippen LogP contribution in [0.15, 0.2) is 24.8 Å². The maximum atomic E-state index is 12.2. The third-order valence-corrected chi connectivity index (χ3v) is 5.40. The summed E-state index contributed by atoms with van der Waals surface area (Å²) in [5.74, 6) is 0.743. The van der Waals surface area contributed by atoms with Crippen molar-refractivity contribution in [2.75, 3.05) is 18.9 Å². The number of anilines is 1. The number of aliphatic hydroxyl groups is 1. The molecule has 3 atom stereocenters. The van der Waals surface area contributed by atoms with Gasteiger partial charge in [-0.3, -0.25) is 9.78 Å². The molecule has 3 heterocycles. The van der Waals surface area contributed by atoms with Crippen molar-refractivity contribution in [2.24, 2.45) is 5.92 Å². The maximum Gasteiger partial charge on any atom is 0.223 e. The fourth-order valence-corrected chi connectivity index (χ4v) is 4.00. The van der Waals surface area contributed by atoms with Gasteiger partial charge in [-0.15, -0.1) is 0 Å². The number of hydrogen-bond donors (Lipinski definition) is 3. The van der Waals surface area contributed by atoms with Crippen LogP contribution < -0.4 is 10.6 Å². The van der Waals surface area contributed by atoms with Gasteiger partial charge in [-0.1, -0.05) is 11.6 Å². The molecule has 0 bridgehead atoms. The van der Waals surface area contributed by atoms with Crippen LogP contribution in [0.25, 0.3) is 22.6 Å². The second-order valence-corrected chi connectivity index (χ2v) is 7.50. The average molecular weight is 416 g/mol. The first-order valence-corrected chi connectivity index (χ1v) is 9.88. The van der Waals surface area contributed by atoms with Crippen molar-refractivity contribution in [3.05, 3.63) is 29.8 Å². The minimum Gasteiger partial charge on any atom is -0.391 e. The molecule has 0 aromatic carbocycles. The number of nitrogens with one attached hydrogen (secondary N) is 2. The number of amides is 1. The molecule has 1 fully saturated rings. The molecule has 1 aliphatic rings. The molecule has 1 saturated carbocycles. The van der Waals surface area contributed by atoms with Crippen LogP contribution in [0.3, 0.4) is 0 Å². The van der Waals surface area contributed by atoms with Gasteiger partial charge in [0.25, 0.3) is 0 Å². The lowest BCUT2D eigenvalue weighted by Gasteiger charge is -2.17. The van der Waals surface area contributed by atoms with Crippen molar-refractivity contribution in [3.63, 3.8) is 0 Å². The zero-order valence-electron chi connectivity index (χ0n) is 16.1. The van der Waals surface area contributed by atoms with Gasteiger partial charge in [0, 0.05) is 37.5 Å². The van der Waals surface area contributed by atoms with Crippen molar-refractivity contribution in [1.82, 2.24) is 29.8 Å². The zero-order valence-corrected chi connectivity index (χ0v) is 16.9. The Balaban J connectivity index is 1.76. The number of imidazole rings is 1. The summed E-state index contributed by atoms with van der Waals surface area (Å²) in [6.45, 7) is 2.45. The number of aliphatic hydroxyl groups excluding tert-OH is 1. The van der Waals surface area contributed by atoms with E-state index in [0.29, 0.717) is 52.8 Å². The first-order valence-electron chi connectivity index (χ1n) is 9.50. The summed E-state index contributed by atoms with van der Waals surface area (Å²) in [5.41, 5.74) is 1.86. The highest BCUT2D eigenvalue weighted by Crippen LogP contribution is 2.37. The molecule has 3 aromatic heterocycles. The standard InChI is InChI=1S/C19H22ClN7O2/c1-3-23-19(29)10-5-13(14(28)6-10)27-9-24-15-17(21-2)25-16(26-18(15)27)11-4-12(20)8-22-7-11/h4,7-10,13-14,28H,3,5-6H2,1-2H3,(H,23,29)(H,21,25,26)/t10-,13+,14+/m0/s1. The highest BCUT2D eigenvalue weighted by Gasteiger charge is 2.38. The van der Waals surface area contributed by atoms with Gasteiger partial charge in [-0.05, 0) is 25.8 Å². The molecule has 0 spiro atoms. The summed E-state index contributed by atoms with van der Waals surface area (Å²) in [5, 5.41) is 17.0. The van der Waals surface area contributed by atoms with E-state index in [1.165, 1.54) is 0 Å². The Labute approximate surface area is 172 Å². The van der Waals surface area contributed by atoms with Gasteiger partial charge < -0.3 is 20.3 Å². The molecule has 1 aliphatic carbocycles. The average Bonchev–Trinajstić information content (AvgIpc) is 3.30. The molecule has 0 saturated heterocycles. The molecule has 3 N–H and O–H groups in total. The minimum absolute atomic E-state index is 0.0327. The molecule has 0 radical (unpaired) electrons. The van der Waals surface area contributed by atoms with E-state index >= 15 is 0 Å². The Kier molecular flexibility index (Phi) is 5.33. The van der Waals surface area contributed by atoms with Crippen molar-refractivity contribution in [1.29, 1.82) is 0 Å². The highest BCUT2D eigenvalue weighted by atomic mass is 35.5. The molecule has 0 unspecified atom stereocenters. The van der Waals surface area contributed by atoms with E-state index in [1.807, 2.05) is 11.5 Å². The number of halogens is 1. The number of carbonyl (C=O) groups is 1. The molecule has 0 aliphatic heterocycles. The van der Waals surface area contributed by atoms with Crippen LogP contribution in [0.5, 0.6) is 0 Å². The third-order valence-electron chi connectivity index (χ3n) is 5.20. The lowest BCUT2D eigenvalue weighted by atomic mass is 10.1. The predicted molar refractivity (Wildman–Crippen MR) is 110 cm³/mol. The fourth-order valence-electron chi connectivity index (χ4n) is 3.82. The van der Waals surface area contributed by atoms with E-state index in [-0.39, 0.29) is 17.9 Å². The van der Waals surface area contributed by atoms with Crippen LogP contribution in [0.2, 0.25) is 5.02 Å². The second-order valence-electron chi connectivity index (χ2n) is 7.06. The van der Waals surface area contributed by atoms with Crippen molar-refractivity contribution >= 4 is 34.5 Å². The molecule has 152 valence electrons. The van der Waals surface area contributed by atoms with Crippen molar-refractivity contribution in [3.8, 4) is 11.4 Å². The summed E-state index contributed by atoms with van der Waals surface area (Å²) in [4.78, 5) is 30.0. The third kappa shape index (κ3) is 3.63. The first-order chi connectivity index (χ1) is 14.0. The Hall–Kier alpha value is -2.78. The fraction of sp³-hybridized carbons (Fsp3) is 0.421. The smallest absolute Gasteiger partial charge is 0.223 e. The second kappa shape index (κ2) is 7.92. The van der Waals surface area contributed by atoms with Crippen LogP contribution in [0.1, 0.15) is 25.8 Å². The first kappa shape index (κ1) is 19.5. The molecular weight excluding hydrogens is 394 g/mol. The number of aromatic nitrogens is 5. The molecule has 29 heavy (non-hydrogen) atoms. The summed E-state index contributed by atoms with van der Waals surface area (Å²) in [7, 11) is 1.76. The number of rotatable bonds is 5. The van der Waals surface area contributed by atoms with Crippen LogP contribution >= 0.6 is 11.6 Å². The van der Waals surface area contributed by atoms with E-state index in [1.54, 1.807) is 31.8 Å². The monoisotopic (exact) mass is 415 g/mol. The SMILES string of the molecule is CCNC(=O)[C@@H]1C[C@@H](O)[C@H](n2cnc3c(NC)nc(-c4cncc(Cl)c4)nc32)C1. The number of hydrogen-bond acceptors (Lipinski definition) is 7. The Morgan fingerprint density at radius 2 is 2.17 bits per heavy atom. The summed E-state index contributed by atoms with van der Waals surface area (Å²) in [6, 6.07) is 1.45. The highest BCUT2D eigenvalue weighted by molar-refractivity contribution is 6.30. The maximum absolute atomic E-state index is 12.2. The van der Waals surface area contributed by atoms with E-state index in [0.717, 1.165) is 0 Å². The Bertz CT molecular complexity index is 1050. The summed E-state index contributed by atoms with van der Waals surface area (Å²) in [6.07, 6.45) is 5.10. The Morgan fingerprint density at radius 1 is 1.34 bits per heavy atom. The lowest BCUT2D eigenvalue weighted by Crippen LogP contribution is -2.29. The number of fused-ring (bicyclic) bond motifs is 1. The number of carbonyl (C=O) groups excluding carboxylic acids is 1.